The van der Waals surface area contributed by atoms with Crippen LogP contribution in [0.3, 0.4) is 0 Å². The van der Waals surface area contributed by atoms with E-state index in [0.717, 1.165) is 6.42 Å². The number of nitrogens with zero attached hydrogens (tertiary/aromatic N) is 1. The minimum absolute atomic E-state index is 0.308. The standard InChI is InChI=1S/C5H7NO2S/c1-4-2-3-5(9-4)6(7)8/h3-4H,2H2,1H3. The first-order chi connectivity index (χ1) is 4.20. The van der Waals surface area contributed by atoms with Gasteiger partial charge in [0.05, 0.1) is 4.92 Å². The van der Waals surface area contributed by atoms with Crippen LogP contribution < -0.4 is 0 Å². The zero-order valence-corrected chi connectivity index (χ0v) is 5.85. The molecule has 0 N–H and O–H groups in total. The molecule has 1 heterocycles. The van der Waals surface area contributed by atoms with Crippen molar-refractivity contribution in [1.29, 1.82) is 0 Å². The van der Waals surface area contributed by atoms with Gasteiger partial charge in [-0.15, -0.1) is 0 Å². The predicted octanol–water partition coefficient (Wildman–Crippen LogP) is 1.63. The van der Waals surface area contributed by atoms with Gasteiger partial charge in [-0.1, -0.05) is 6.92 Å². The van der Waals surface area contributed by atoms with Crippen LogP contribution >= 0.6 is 11.8 Å². The molecule has 0 spiro atoms. The second kappa shape index (κ2) is 2.39. The summed E-state index contributed by atoms with van der Waals surface area (Å²) in [5.74, 6) is 0. The predicted molar refractivity (Wildman–Crippen MR) is 36.7 cm³/mol. The van der Waals surface area contributed by atoms with Crippen LogP contribution in [-0.4, -0.2) is 10.2 Å². The van der Waals surface area contributed by atoms with E-state index in [1.807, 2.05) is 6.92 Å². The highest BCUT2D eigenvalue weighted by atomic mass is 32.2. The van der Waals surface area contributed by atoms with Crippen LogP contribution in [0, 0.1) is 10.1 Å². The fourth-order valence-electron chi connectivity index (χ4n) is 0.687. The third kappa shape index (κ3) is 1.45. The highest BCUT2D eigenvalue weighted by molar-refractivity contribution is 8.03. The van der Waals surface area contributed by atoms with Crippen LogP contribution in [0.4, 0.5) is 0 Å². The lowest BCUT2D eigenvalue weighted by Gasteiger charge is -1.93. The van der Waals surface area contributed by atoms with Crippen molar-refractivity contribution in [3.05, 3.63) is 21.2 Å². The molecule has 1 unspecified atom stereocenters. The van der Waals surface area contributed by atoms with Gasteiger partial charge in [-0.2, -0.15) is 0 Å². The van der Waals surface area contributed by atoms with E-state index in [1.54, 1.807) is 6.08 Å². The normalized spacial score (nSPS) is 25.9. The molecule has 50 valence electrons. The molecule has 1 aliphatic heterocycles. The molecule has 9 heavy (non-hydrogen) atoms. The molecule has 4 heteroatoms. The van der Waals surface area contributed by atoms with Crippen LogP contribution in [-0.2, 0) is 0 Å². The Hall–Kier alpha value is -0.510. The molecule has 0 aliphatic carbocycles. The Labute approximate surface area is 57.3 Å². The van der Waals surface area contributed by atoms with Gasteiger partial charge < -0.3 is 0 Å². The lowest BCUT2D eigenvalue weighted by atomic mass is 10.3. The molecule has 0 saturated carbocycles. The monoisotopic (exact) mass is 145 g/mol. The zero-order chi connectivity index (χ0) is 6.85. The average Bonchev–Trinajstić information content (AvgIpc) is 2.14. The highest BCUT2D eigenvalue weighted by Gasteiger charge is 2.21. The van der Waals surface area contributed by atoms with E-state index in [2.05, 4.69) is 0 Å². The Morgan fingerprint density at radius 3 is 2.89 bits per heavy atom. The Balaban J connectivity index is 2.55. The van der Waals surface area contributed by atoms with E-state index in [4.69, 9.17) is 0 Å². The quantitative estimate of drug-likeness (QED) is 0.416. The minimum atomic E-state index is -0.325. The van der Waals surface area contributed by atoms with Gasteiger partial charge in [0.2, 0.25) is 0 Å². The van der Waals surface area contributed by atoms with Gasteiger partial charge in [0.1, 0.15) is 0 Å². The van der Waals surface area contributed by atoms with Gasteiger partial charge >= 0.3 is 0 Å². The molecule has 0 bridgehead atoms. The third-order valence-electron chi connectivity index (χ3n) is 1.13. The van der Waals surface area contributed by atoms with E-state index in [9.17, 15) is 10.1 Å². The SMILES string of the molecule is CC1CC=C([N+](=O)[O-])S1. The van der Waals surface area contributed by atoms with Crippen molar-refractivity contribution in [2.75, 3.05) is 0 Å². The summed E-state index contributed by atoms with van der Waals surface area (Å²) in [7, 11) is 0. The molecule has 0 saturated heterocycles. The minimum Gasteiger partial charge on any atom is -0.258 e. The van der Waals surface area contributed by atoms with Gasteiger partial charge in [-0.3, -0.25) is 10.1 Å². The Morgan fingerprint density at radius 1 is 2.00 bits per heavy atom. The summed E-state index contributed by atoms with van der Waals surface area (Å²) in [5.41, 5.74) is 0. The van der Waals surface area contributed by atoms with E-state index in [1.165, 1.54) is 11.8 Å². The van der Waals surface area contributed by atoms with Crippen LogP contribution in [0.5, 0.6) is 0 Å². The molecule has 1 aliphatic rings. The number of allylic oxidation sites excluding steroid dienone is 1. The molecule has 3 nitrogen and oxygen atoms in total. The molecule has 0 aromatic heterocycles. The fourth-order valence-corrected chi connectivity index (χ4v) is 1.57. The van der Waals surface area contributed by atoms with Gasteiger partial charge in [0.15, 0.2) is 0 Å². The van der Waals surface area contributed by atoms with Crippen molar-refractivity contribution in [3.8, 4) is 0 Å². The van der Waals surface area contributed by atoms with Gasteiger partial charge in [-0.05, 0) is 18.2 Å². The van der Waals surface area contributed by atoms with Crippen molar-refractivity contribution in [2.24, 2.45) is 0 Å². The molecular formula is C5H7NO2S. The molecular weight excluding hydrogens is 138 g/mol. The highest BCUT2D eigenvalue weighted by Crippen LogP contribution is 2.31. The second-order valence-electron chi connectivity index (χ2n) is 1.96. The van der Waals surface area contributed by atoms with Gasteiger partial charge in [0, 0.05) is 11.3 Å². The first kappa shape index (κ1) is 6.61. The van der Waals surface area contributed by atoms with Crippen molar-refractivity contribution in [3.63, 3.8) is 0 Å². The zero-order valence-electron chi connectivity index (χ0n) is 5.03. The van der Waals surface area contributed by atoms with Gasteiger partial charge in [-0.25, -0.2) is 0 Å². The Morgan fingerprint density at radius 2 is 2.67 bits per heavy atom. The molecule has 0 radical (unpaired) electrons. The summed E-state index contributed by atoms with van der Waals surface area (Å²) in [5, 5.41) is 10.8. The molecule has 1 atom stereocenters. The molecule has 0 amide bonds. The third-order valence-corrected chi connectivity index (χ3v) is 2.28. The smallest absolute Gasteiger partial charge is 0.258 e. The summed E-state index contributed by atoms with van der Waals surface area (Å²) in [6, 6.07) is 0. The maximum absolute atomic E-state index is 10.1. The lowest BCUT2D eigenvalue weighted by molar-refractivity contribution is -0.410. The van der Waals surface area contributed by atoms with E-state index in [0.29, 0.717) is 10.3 Å². The van der Waals surface area contributed by atoms with Crippen molar-refractivity contribution >= 4 is 11.8 Å². The van der Waals surface area contributed by atoms with Gasteiger partial charge in [0.25, 0.3) is 5.03 Å². The summed E-state index contributed by atoms with van der Waals surface area (Å²) in [6.07, 6.45) is 2.51. The van der Waals surface area contributed by atoms with Crippen LogP contribution in [0.2, 0.25) is 0 Å². The van der Waals surface area contributed by atoms with Crippen molar-refractivity contribution < 1.29 is 4.92 Å². The Kier molecular flexibility index (Phi) is 1.75. The van der Waals surface area contributed by atoms with E-state index >= 15 is 0 Å². The maximum Gasteiger partial charge on any atom is 0.299 e. The number of hydrogen-bond donors (Lipinski definition) is 0. The van der Waals surface area contributed by atoms with Crippen molar-refractivity contribution in [1.82, 2.24) is 0 Å². The van der Waals surface area contributed by atoms with Crippen LogP contribution in [0.1, 0.15) is 13.3 Å². The molecule has 1 rings (SSSR count). The van der Waals surface area contributed by atoms with Crippen LogP contribution in [0.25, 0.3) is 0 Å². The summed E-state index contributed by atoms with van der Waals surface area (Å²) in [4.78, 5) is 9.74. The van der Waals surface area contributed by atoms with E-state index < -0.39 is 0 Å². The topological polar surface area (TPSA) is 43.1 Å². The van der Waals surface area contributed by atoms with Crippen LogP contribution in [0.15, 0.2) is 11.1 Å². The fraction of sp³-hybridized carbons (Fsp3) is 0.600. The lowest BCUT2D eigenvalue weighted by Crippen LogP contribution is -1.92. The summed E-state index contributed by atoms with van der Waals surface area (Å²) in [6.45, 7) is 1.98. The first-order valence-corrected chi connectivity index (χ1v) is 3.59. The number of rotatable bonds is 1. The number of thioether (sulfide) groups is 1. The summed E-state index contributed by atoms with van der Waals surface area (Å²) < 4.78 is 0. The Bertz CT molecular complexity index is 166. The second-order valence-corrected chi connectivity index (χ2v) is 3.42. The number of hydrogen-bond acceptors (Lipinski definition) is 3. The molecule has 0 aromatic rings. The molecule has 0 fully saturated rings. The number of nitro groups is 1. The largest absolute Gasteiger partial charge is 0.299 e. The van der Waals surface area contributed by atoms with Crippen molar-refractivity contribution in [2.45, 2.75) is 18.6 Å². The first-order valence-electron chi connectivity index (χ1n) is 2.71. The molecule has 0 aromatic carbocycles. The maximum atomic E-state index is 10.1. The average molecular weight is 145 g/mol. The summed E-state index contributed by atoms with van der Waals surface area (Å²) >= 11 is 1.34. The van der Waals surface area contributed by atoms with E-state index in [-0.39, 0.29) is 4.92 Å².